The molecule has 1 aliphatic heterocycles. The summed E-state index contributed by atoms with van der Waals surface area (Å²) < 4.78 is 0. The topological polar surface area (TPSA) is 58.4 Å². The number of carbonyl (C=O) groups is 1. The van der Waals surface area contributed by atoms with E-state index >= 15 is 0 Å². The summed E-state index contributed by atoms with van der Waals surface area (Å²) in [5.41, 5.74) is 7.80. The van der Waals surface area contributed by atoms with Gasteiger partial charge in [-0.15, -0.1) is 0 Å². The van der Waals surface area contributed by atoms with Crippen LogP contribution in [0.5, 0.6) is 0 Å². The largest absolute Gasteiger partial charge is 0.330 e. The number of anilines is 1. The molecule has 0 bridgehead atoms. The number of nitrogens with zero attached hydrogens (tertiary/aromatic N) is 1. The number of nitrogens with one attached hydrogen (secondary N) is 1. The van der Waals surface area contributed by atoms with E-state index in [1.54, 1.807) is 0 Å². The van der Waals surface area contributed by atoms with Crippen molar-refractivity contribution in [2.45, 2.75) is 32.6 Å². The molecule has 4 nitrogen and oxygen atoms in total. The van der Waals surface area contributed by atoms with E-state index in [0.717, 1.165) is 43.9 Å². The van der Waals surface area contributed by atoms with Crippen LogP contribution in [0.4, 0.5) is 5.69 Å². The van der Waals surface area contributed by atoms with Gasteiger partial charge in [0.15, 0.2) is 0 Å². The summed E-state index contributed by atoms with van der Waals surface area (Å²) in [6.07, 6.45) is 3.98. The summed E-state index contributed by atoms with van der Waals surface area (Å²) in [6, 6.07) is 7.92. The van der Waals surface area contributed by atoms with E-state index < -0.39 is 0 Å². The van der Waals surface area contributed by atoms with E-state index in [9.17, 15) is 4.79 Å². The van der Waals surface area contributed by atoms with Gasteiger partial charge in [-0.3, -0.25) is 4.79 Å². The second-order valence-electron chi connectivity index (χ2n) is 6.07. The number of hydrogen-bond donors (Lipinski definition) is 2. The highest BCUT2D eigenvalue weighted by atomic mass is 16.1. The zero-order valence-electron chi connectivity index (χ0n) is 13.0. The molecule has 2 rings (SSSR count). The average molecular weight is 289 g/mol. The first kappa shape index (κ1) is 16.0. The Hall–Kier alpha value is -1.39. The SMILES string of the molecule is Cc1cccc(NC(=O)CCCN2CCCC(CN)C2)c1. The summed E-state index contributed by atoms with van der Waals surface area (Å²) in [5, 5.41) is 2.96. The molecular weight excluding hydrogens is 262 g/mol. The molecule has 1 heterocycles. The molecule has 1 amide bonds. The molecule has 0 spiro atoms. The molecular formula is C17H27N3O. The van der Waals surface area contributed by atoms with Crippen LogP contribution in [0.2, 0.25) is 0 Å². The van der Waals surface area contributed by atoms with Crippen LogP contribution in [-0.2, 0) is 4.79 Å². The fourth-order valence-corrected chi connectivity index (χ4v) is 2.96. The Morgan fingerprint density at radius 2 is 2.33 bits per heavy atom. The number of amides is 1. The molecule has 1 unspecified atom stereocenters. The Morgan fingerprint density at radius 1 is 1.48 bits per heavy atom. The van der Waals surface area contributed by atoms with Gasteiger partial charge in [-0.05, 0) is 69.4 Å². The number of nitrogens with two attached hydrogens (primary N) is 1. The Bertz CT molecular complexity index is 461. The van der Waals surface area contributed by atoms with Gasteiger partial charge in [-0.1, -0.05) is 12.1 Å². The molecule has 1 aromatic rings. The molecule has 1 saturated heterocycles. The van der Waals surface area contributed by atoms with Crippen LogP contribution >= 0.6 is 0 Å². The molecule has 0 radical (unpaired) electrons. The van der Waals surface area contributed by atoms with E-state index in [1.165, 1.54) is 12.8 Å². The summed E-state index contributed by atoms with van der Waals surface area (Å²) >= 11 is 0. The molecule has 1 atom stereocenters. The molecule has 1 aliphatic rings. The second-order valence-corrected chi connectivity index (χ2v) is 6.07. The highest BCUT2D eigenvalue weighted by molar-refractivity contribution is 5.90. The van der Waals surface area contributed by atoms with Crippen molar-refractivity contribution in [1.29, 1.82) is 0 Å². The van der Waals surface area contributed by atoms with Gasteiger partial charge in [-0.2, -0.15) is 0 Å². The minimum Gasteiger partial charge on any atom is -0.330 e. The number of aryl methyl sites for hydroxylation is 1. The molecule has 3 N–H and O–H groups in total. The summed E-state index contributed by atoms with van der Waals surface area (Å²) in [6.45, 7) is 6.05. The normalized spacial score (nSPS) is 19.4. The lowest BCUT2D eigenvalue weighted by Gasteiger charge is -2.31. The molecule has 0 aliphatic carbocycles. The number of rotatable bonds is 6. The number of likely N-dealkylation sites (tertiary alicyclic amines) is 1. The van der Waals surface area contributed by atoms with Crippen molar-refractivity contribution in [2.24, 2.45) is 11.7 Å². The Kier molecular flexibility index (Phi) is 6.21. The number of carbonyl (C=O) groups excluding carboxylic acids is 1. The van der Waals surface area contributed by atoms with Gasteiger partial charge in [0.05, 0.1) is 0 Å². The van der Waals surface area contributed by atoms with Crippen LogP contribution in [-0.4, -0.2) is 37.0 Å². The van der Waals surface area contributed by atoms with Gasteiger partial charge in [0.1, 0.15) is 0 Å². The maximum atomic E-state index is 11.9. The lowest BCUT2D eigenvalue weighted by molar-refractivity contribution is -0.116. The number of benzene rings is 1. The van der Waals surface area contributed by atoms with E-state index in [0.29, 0.717) is 12.3 Å². The second kappa shape index (κ2) is 8.15. The quantitative estimate of drug-likeness (QED) is 0.845. The van der Waals surface area contributed by atoms with Gasteiger partial charge in [0, 0.05) is 18.7 Å². The fourth-order valence-electron chi connectivity index (χ4n) is 2.96. The average Bonchev–Trinajstić information content (AvgIpc) is 2.47. The third-order valence-corrected chi connectivity index (χ3v) is 4.12. The van der Waals surface area contributed by atoms with Crippen LogP contribution in [0.3, 0.4) is 0 Å². The van der Waals surface area contributed by atoms with E-state index in [4.69, 9.17) is 5.73 Å². The van der Waals surface area contributed by atoms with Crippen molar-refractivity contribution in [2.75, 3.05) is 31.5 Å². The molecule has 0 saturated carbocycles. The van der Waals surface area contributed by atoms with Crippen LogP contribution in [0, 0.1) is 12.8 Å². The lowest BCUT2D eigenvalue weighted by atomic mass is 9.98. The molecule has 0 aromatic heterocycles. The first-order valence-corrected chi connectivity index (χ1v) is 7.96. The van der Waals surface area contributed by atoms with Gasteiger partial charge >= 0.3 is 0 Å². The van der Waals surface area contributed by atoms with Crippen molar-refractivity contribution in [1.82, 2.24) is 4.90 Å². The predicted molar refractivity (Wildman–Crippen MR) is 87.3 cm³/mol. The van der Waals surface area contributed by atoms with Crippen molar-refractivity contribution >= 4 is 11.6 Å². The zero-order chi connectivity index (χ0) is 15.1. The lowest BCUT2D eigenvalue weighted by Crippen LogP contribution is -2.39. The summed E-state index contributed by atoms with van der Waals surface area (Å²) in [4.78, 5) is 14.4. The van der Waals surface area contributed by atoms with Crippen LogP contribution < -0.4 is 11.1 Å². The monoisotopic (exact) mass is 289 g/mol. The Balaban J connectivity index is 1.67. The number of hydrogen-bond acceptors (Lipinski definition) is 3. The standard InChI is InChI=1S/C17H27N3O/c1-14-5-2-7-16(11-14)19-17(21)8-4-10-20-9-3-6-15(12-18)13-20/h2,5,7,11,15H,3-4,6,8-10,12-13,18H2,1H3,(H,19,21). The molecule has 1 fully saturated rings. The van der Waals surface area contributed by atoms with Crippen molar-refractivity contribution < 1.29 is 4.79 Å². The fraction of sp³-hybridized carbons (Fsp3) is 0.588. The maximum absolute atomic E-state index is 11.9. The number of piperidine rings is 1. The van der Waals surface area contributed by atoms with Crippen molar-refractivity contribution in [3.8, 4) is 0 Å². The third kappa shape index (κ3) is 5.48. The van der Waals surface area contributed by atoms with Gasteiger partial charge in [0.2, 0.25) is 5.91 Å². The Morgan fingerprint density at radius 3 is 3.10 bits per heavy atom. The highest BCUT2D eigenvalue weighted by Gasteiger charge is 2.18. The summed E-state index contributed by atoms with van der Waals surface area (Å²) in [7, 11) is 0. The minimum absolute atomic E-state index is 0.105. The summed E-state index contributed by atoms with van der Waals surface area (Å²) in [5.74, 6) is 0.743. The maximum Gasteiger partial charge on any atom is 0.224 e. The van der Waals surface area contributed by atoms with Gasteiger partial charge in [0.25, 0.3) is 0 Å². The van der Waals surface area contributed by atoms with E-state index in [2.05, 4.69) is 10.2 Å². The van der Waals surface area contributed by atoms with Crippen LogP contribution in [0.25, 0.3) is 0 Å². The molecule has 116 valence electrons. The Labute approximate surface area is 127 Å². The van der Waals surface area contributed by atoms with Gasteiger partial charge < -0.3 is 16.0 Å². The minimum atomic E-state index is 0.105. The predicted octanol–water partition coefficient (Wildman–Crippen LogP) is 2.38. The smallest absolute Gasteiger partial charge is 0.224 e. The first-order chi connectivity index (χ1) is 10.2. The molecule has 21 heavy (non-hydrogen) atoms. The van der Waals surface area contributed by atoms with Crippen LogP contribution in [0.1, 0.15) is 31.2 Å². The first-order valence-electron chi connectivity index (χ1n) is 7.96. The molecule has 1 aromatic carbocycles. The van der Waals surface area contributed by atoms with Gasteiger partial charge in [-0.25, -0.2) is 0 Å². The van der Waals surface area contributed by atoms with Crippen molar-refractivity contribution in [3.63, 3.8) is 0 Å². The van der Waals surface area contributed by atoms with E-state index in [1.807, 2.05) is 31.2 Å². The highest BCUT2D eigenvalue weighted by Crippen LogP contribution is 2.16. The van der Waals surface area contributed by atoms with E-state index in [-0.39, 0.29) is 5.91 Å². The zero-order valence-corrected chi connectivity index (χ0v) is 13.0. The third-order valence-electron chi connectivity index (χ3n) is 4.12. The van der Waals surface area contributed by atoms with Crippen molar-refractivity contribution in [3.05, 3.63) is 29.8 Å². The molecule has 4 heteroatoms. The van der Waals surface area contributed by atoms with Crippen LogP contribution in [0.15, 0.2) is 24.3 Å².